The maximum Gasteiger partial charge on any atom is 0.138 e. The molecule has 0 fully saturated rings. The normalized spacial score (nSPS) is 12.8. The van der Waals surface area contributed by atoms with Gasteiger partial charge >= 0.3 is 0 Å². The van der Waals surface area contributed by atoms with Gasteiger partial charge in [-0.25, -0.2) is 9.97 Å². The number of rotatable bonds is 7. The first-order chi connectivity index (χ1) is 14.8. The third-order valence-electron chi connectivity index (χ3n) is 5.66. The van der Waals surface area contributed by atoms with Crippen LogP contribution in [0.4, 0.5) is 5.82 Å². The van der Waals surface area contributed by atoms with Gasteiger partial charge in [-0.1, -0.05) is 42.5 Å². The Hall–Kier alpha value is -2.92. The molecule has 0 spiro atoms. The fraction of sp³-hybridized carbons (Fsp3) is 0.280. The molecule has 2 aromatic heterocycles. The number of methoxy groups -OCH3 is 1. The van der Waals surface area contributed by atoms with E-state index < -0.39 is 0 Å². The van der Waals surface area contributed by atoms with Crippen LogP contribution in [0.3, 0.4) is 0 Å². The molecule has 5 rings (SSSR count). The van der Waals surface area contributed by atoms with E-state index in [-0.39, 0.29) is 0 Å². The monoisotopic (exact) mass is 415 g/mol. The van der Waals surface area contributed by atoms with Gasteiger partial charge in [0.15, 0.2) is 0 Å². The predicted molar refractivity (Wildman–Crippen MR) is 124 cm³/mol. The second-order valence-electron chi connectivity index (χ2n) is 7.72. The van der Waals surface area contributed by atoms with Crippen molar-refractivity contribution in [2.75, 3.05) is 19.0 Å². The average Bonchev–Trinajstić information content (AvgIpc) is 3.35. The van der Waals surface area contributed by atoms with Gasteiger partial charge < -0.3 is 10.1 Å². The van der Waals surface area contributed by atoms with Gasteiger partial charge in [0.25, 0.3) is 0 Å². The minimum Gasteiger partial charge on any atom is -0.497 e. The van der Waals surface area contributed by atoms with E-state index in [9.17, 15) is 0 Å². The molecule has 0 bridgehead atoms. The largest absolute Gasteiger partial charge is 0.497 e. The number of nitrogens with one attached hydrogen (secondary N) is 1. The number of nitrogens with zero attached hydrogens (tertiary/aromatic N) is 2. The van der Waals surface area contributed by atoms with Crippen LogP contribution in [0.25, 0.3) is 10.2 Å². The fourth-order valence-electron chi connectivity index (χ4n) is 4.18. The zero-order chi connectivity index (χ0) is 20.3. The van der Waals surface area contributed by atoms with Crippen LogP contribution in [-0.2, 0) is 25.7 Å². The van der Waals surface area contributed by atoms with Crippen LogP contribution in [0.1, 0.15) is 33.8 Å². The average molecular weight is 416 g/mol. The Kier molecular flexibility index (Phi) is 5.37. The number of anilines is 1. The number of thiophene rings is 1. The summed E-state index contributed by atoms with van der Waals surface area (Å²) in [5.74, 6) is 2.78. The molecular formula is C25H25N3OS. The molecule has 4 aromatic rings. The van der Waals surface area contributed by atoms with E-state index in [4.69, 9.17) is 14.7 Å². The number of aromatic nitrogens is 2. The maximum absolute atomic E-state index is 5.35. The number of hydrogen-bond donors (Lipinski definition) is 1. The molecule has 1 aliphatic rings. The zero-order valence-corrected chi connectivity index (χ0v) is 18.0. The molecule has 0 amide bonds. The third kappa shape index (κ3) is 3.90. The summed E-state index contributed by atoms with van der Waals surface area (Å²) in [4.78, 5) is 12.5. The van der Waals surface area contributed by atoms with Crippen LogP contribution in [0.5, 0.6) is 5.75 Å². The highest BCUT2D eigenvalue weighted by molar-refractivity contribution is 7.19. The first-order valence-electron chi connectivity index (χ1n) is 10.5. The van der Waals surface area contributed by atoms with Gasteiger partial charge in [0.2, 0.25) is 0 Å². The molecular weight excluding hydrogens is 390 g/mol. The number of benzene rings is 2. The molecule has 2 aromatic carbocycles. The molecule has 0 aliphatic heterocycles. The second kappa shape index (κ2) is 8.44. The lowest BCUT2D eigenvalue weighted by Crippen LogP contribution is -2.09. The summed E-state index contributed by atoms with van der Waals surface area (Å²) >= 11 is 1.85. The lowest BCUT2D eigenvalue weighted by molar-refractivity contribution is 0.414. The number of aryl methyl sites for hydroxylation is 2. The molecule has 30 heavy (non-hydrogen) atoms. The summed E-state index contributed by atoms with van der Waals surface area (Å²) in [6.07, 6.45) is 5.23. The van der Waals surface area contributed by atoms with Crippen LogP contribution in [-0.4, -0.2) is 23.6 Å². The van der Waals surface area contributed by atoms with Gasteiger partial charge in [0.05, 0.1) is 12.5 Å². The lowest BCUT2D eigenvalue weighted by Gasteiger charge is -2.11. The summed E-state index contributed by atoms with van der Waals surface area (Å²) in [6.45, 7) is 0.828. The SMILES string of the molecule is COc1cccc(CCNc2nc(Cc3ccccc3)nc3sc4c(c23)CCC4)c1. The van der Waals surface area contributed by atoms with Crippen LogP contribution >= 0.6 is 11.3 Å². The highest BCUT2D eigenvalue weighted by atomic mass is 32.1. The van der Waals surface area contributed by atoms with Crippen LogP contribution in [0, 0.1) is 0 Å². The van der Waals surface area contributed by atoms with E-state index in [1.165, 1.54) is 39.8 Å². The third-order valence-corrected chi connectivity index (χ3v) is 6.84. The Morgan fingerprint density at radius 3 is 2.73 bits per heavy atom. The minimum absolute atomic E-state index is 0.754. The van der Waals surface area contributed by atoms with E-state index in [1.54, 1.807) is 7.11 Å². The fourth-order valence-corrected chi connectivity index (χ4v) is 5.46. The Morgan fingerprint density at radius 1 is 1.00 bits per heavy atom. The van der Waals surface area contributed by atoms with Crippen LogP contribution in [0.15, 0.2) is 54.6 Å². The number of hydrogen-bond acceptors (Lipinski definition) is 5. The Labute approximate surface area is 181 Å². The molecule has 0 saturated carbocycles. The van der Waals surface area contributed by atoms with Crippen molar-refractivity contribution in [3.63, 3.8) is 0 Å². The van der Waals surface area contributed by atoms with E-state index in [0.717, 1.165) is 48.0 Å². The molecule has 2 heterocycles. The first kappa shape index (κ1) is 19.1. The number of ether oxygens (including phenoxy) is 1. The predicted octanol–water partition coefficient (Wildman–Crippen LogP) is 5.43. The van der Waals surface area contributed by atoms with E-state index >= 15 is 0 Å². The molecule has 0 saturated heterocycles. The van der Waals surface area contributed by atoms with Crippen molar-refractivity contribution >= 4 is 27.4 Å². The van der Waals surface area contributed by atoms with Crippen LogP contribution < -0.4 is 10.1 Å². The Bertz CT molecular complexity index is 1170. The molecule has 5 heteroatoms. The Balaban J connectivity index is 1.42. The highest BCUT2D eigenvalue weighted by Crippen LogP contribution is 2.39. The highest BCUT2D eigenvalue weighted by Gasteiger charge is 2.22. The summed E-state index contributed by atoms with van der Waals surface area (Å²) in [7, 11) is 1.71. The second-order valence-corrected chi connectivity index (χ2v) is 8.80. The van der Waals surface area contributed by atoms with Crippen molar-refractivity contribution in [1.29, 1.82) is 0 Å². The summed E-state index contributed by atoms with van der Waals surface area (Å²) in [5, 5.41) is 4.88. The molecule has 0 radical (unpaired) electrons. The summed E-state index contributed by atoms with van der Waals surface area (Å²) in [5.41, 5.74) is 3.96. The van der Waals surface area contributed by atoms with Crippen molar-refractivity contribution in [2.24, 2.45) is 0 Å². The molecule has 1 N–H and O–H groups in total. The standard InChI is InChI=1S/C25H25N3OS/c1-29-19-10-5-9-18(15-19)13-14-26-24-23-20-11-6-12-21(20)30-25(23)28-22(27-24)16-17-7-3-2-4-8-17/h2-5,7-10,15H,6,11-14,16H2,1H3,(H,26,27,28). The van der Waals surface area contributed by atoms with Crippen molar-refractivity contribution in [3.8, 4) is 5.75 Å². The molecule has 152 valence electrons. The number of fused-ring (bicyclic) bond motifs is 3. The minimum atomic E-state index is 0.754. The van der Waals surface area contributed by atoms with E-state index in [1.807, 2.05) is 29.5 Å². The molecule has 0 atom stereocenters. The molecule has 4 nitrogen and oxygen atoms in total. The first-order valence-corrected chi connectivity index (χ1v) is 11.3. The van der Waals surface area contributed by atoms with Gasteiger partial charge in [0.1, 0.15) is 22.2 Å². The van der Waals surface area contributed by atoms with Crippen molar-refractivity contribution in [3.05, 3.63) is 82.0 Å². The van der Waals surface area contributed by atoms with E-state index in [2.05, 4.69) is 41.7 Å². The summed E-state index contributed by atoms with van der Waals surface area (Å²) < 4.78 is 5.35. The summed E-state index contributed by atoms with van der Waals surface area (Å²) in [6, 6.07) is 18.7. The van der Waals surface area contributed by atoms with Gasteiger partial charge in [-0.05, 0) is 54.5 Å². The van der Waals surface area contributed by atoms with Crippen molar-refractivity contribution in [1.82, 2.24) is 9.97 Å². The van der Waals surface area contributed by atoms with Gasteiger partial charge in [-0.3, -0.25) is 0 Å². The topological polar surface area (TPSA) is 47.0 Å². The quantitative estimate of drug-likeness (QED) is 0.437. The van der Waals surface area contributed by atoms with Crippen molar-refractivity contribution < 1.29 is 4.74 Å². The zero-order valence-electron chi connectivity index (χ0n) is 17.1. The van der Waals surface area contributed by atoms with Gasteiger partial charge in [0, 0.05) is 17.8 Å². The molecule has 1 aliphatic carbocycles. The smallest absolute Gasteiger partial charge is 0.138 e. The van der Waals surface area contributed by atoms with Gasteiger partial charge in [-0.15, -0.1) is 11.3 Å². The lowest BCUT2D eigenvalue weighted by atomic mass is 10.1. The van der Waals surface area contributed by atoms with Gasteiger partial charge in [-0.2, -0.15) is 0 Å². The maximum atomic E-state index is 5.35. The van der Waals surface area contributed by atoms with Crippen molar-refractivity contribution in [2.45, 2.75) is 32.1 Å². The van der Waals surface area contributed by atoms with Crippen LogP contribution in [0.2, 0.25) is 0 Å². The Morgan fingerprint density at radius 2 is 1.87 bits per heavy atom. The molecule has 0 unspecified atom stereocenters. The van der Waals surface area contributed by atoms with E-state index in [0.29, 0.717) is 0 Å².